The van der Waals surface area contributed by atoms with Crippen molar-refractivity contribution in [3.05, 3.63) is 53.6 Å². The van der Waals surface area contributed by atoms with E-state index in [0.29, 0.717) is 40.2 Å². The predicted octanol–water partition coefficient (Wildman–Crippen LogP) is 4.38. The lowest BCUT2D eigenvalue weighted by molar-refractivity contribution is 0.0955. The molecule has 2 heterocycles. The average molecular weight is 475 g/mol. The third-order valence-electron chi connectivity index (χ3n) is 5.75. The number of ether oxygens (including phenoxy) is 2. The minimum atomic E-state index is -0.284. The van der Waals surface area contributed by atoms with Gasteiger partial charge in [0.15, 0.2) is 17.1 Å². The van der Waals surface area contributed by atoms with E-state index >= 15 is 0 Å². The van der Waals surface area contributed by atoms with Crippen LogP contribution >= 0.6 is 0 Å². The molecule has 0 atom stereocenters. The number of unbranched alkanes of at least 4 members (excludes halogenated alkanes) is 3. The van der Waals surface area contributed by atoms with Crippen molar-refractivity contribution in [3.63, 3.8) is 0 Å². The predicted molar refractivity (Wildman–Crippen MR) is 138 cm³/mol. The van der Waals surface area contributed by atoms with Crippen LogP contribution < -0.4 is 20.5 Å². The van der Waals surface area contributed by atoms with Gasteiger partial charge in [0.2, 0.25) is 0 Å². The molecule has 0 saturated heterocycles. The molecule has 2 aromatic carbocycles. The van der Waals surface area contributed by atoms with E-state index < -0.39 is 0 Å². The van der Waals surface area contributed by atoms with Gasteiger partial charge in [-0.25, -0.2) is 9.97 Å². The topological polar surface area (TPSA) is 117 Å². The minimum Gasteiger partial charge on any atom is -0.493 e. The molecule has 0 radical (unpaired) electrons. The minimum absolute atomic E-state index is 0.179. The van der Waals surface area contributed by atoms with Gasteiger partial charge < -0.3 is 20.5 Å². The molecule has 4 aromatic rings. The van der Waals surface area contributed by atoms with Gasteiger partial charge in [0.1, 0.15) is 16.9 Å². The molecule has 0 fully saturated rings. The van der Waals surface area contributed by atoms with Crippen LogP contribution in [0.15, 0.2) is 47.6 Å². The third-order valence-corrected chi connectivity index (χ3v) is 5.75. The first-order valence-corrected chi connectivity index (χ1v) is 11.7. The summed E-state index contributed by atoms with van der Waals surface area (Å²) in [5.74, 6) is 1.09. The fraction of sp³-hybridized carbons (Fsp3) is 0.308. The van der Waals surface area contributed by atoms with Crippen LogP contribution in [0.4, 0.5) is 5.82 Å². The summed E-state index contributed by atoms with van der Waals surface area (Å²) in [5.41, 5.74) is 9.69. The summed E-state index contributed by atoms with van der Waals surface area (Å²) >= 11 is 0. The van der Waals surface area contributed by atoms with E-state index in [1.807, 2.05) is 30.3 Å². The largest absolute Gasteiger partial charge is 0.493 e. The van der Waals surface area contributed by atoms with Gasteiger partial charge in [0.25, 0.3) is 5.91 Å². The summed E-state index contributed by atoms with van der Waals surface area (Å²) in [7, 11) is 3.15. The monoisotopic (exact) mass is 474 g/mol. The molecule has 0 unspecified atom stereocenters. The molecule has 182 valence electrons. The number of carbonyl (C=O) groups is 1. The number of hydrogen-bond acceptors (Lipinski definition) is 7. The smallest absolute Gasteiger partial charge is 0.257 e. The van der Waals surface area contributed by atoms with Gasteiger partial charge in [-0.05, 0) is 42.3 Å². The van der Waals surface area contributed by atoms with Gasteiger partial charge in [-0.2, -0.15) is 9.78 Å². The van der Waals surface area contributed by atoms with Gasteiger partial charge in [0.05, 0.1) is 31.5 Å². The number of hydrogen-bond donors (Lipinski definition) is 2. The summed E-state index contributed by atoms with van der Waals surface area (Å²) in [6.45, 7) is 2.72. The number of nitrogens with zero attached hydrogens (tertiary/aromatic N) is 4. The van der Waals surface area contributed by atoms with E-state index in [1.54, 1.807) is 32.6 Å². The highest BCUT2D eigenvalue weighted by Gasteiger charge is 2.23. The number of nitrogens with two attached hydrogens (primary N) is 1. The van der Waals surface area contributed by atoms with Crippen LogP contribution in [0.1, 0.15) is 48.5 Å². The molecule has 9 heteroatoms. The number of nitrogens with one attached hydrogen (secondary N) is 1. The van der Waals surface area contributed by atoms with Crippen LogP contribution in [0.5, 0.6) is 11.5 Å². The molecule has 9 nitrogen and oxygen atoms in total. The first-order chi connectivity index (χ1) is 17.1. The molecule has 0 aliphatic carbocycles. The second-order valence-electron chi connectivity index (χ2n) is 8.13. The number of amides is 1. The molecular formula is C26H30N6O3. The summed E-state index contributed by atoms with van der Waals surface area (Å²) in [6, 6.07) is 12.9. The quantitative estimate of drug-likeness (QED) is 0.260. The van der Waals surface area contributed by atoms with E-state index in [-0.39, 0.29) is 17.3 Å². The molecular weight excluding hydrogens is 444 g/mol. The summed E-state index contributed by atoms with van der Waals surface area (Å²) in [4.78, 5) is 22.6. The number of methoxy groups -OCH3 is 2. The zero-order valence-corrected chi connectivity index (χ0v) is 20.2. The van der Waals surface area contributed by atoms with Crippen LogP contribution in [-0.2, 0) is 0 Å². The fourth-order valence-electron chi connectivity index (χ4n) is 3.89. The van der Waals surface area contributed by atoms with Crippen LogP contribution in [0, 0.1) is 0 Å². The van der Waals surface area contributed by atoms with Gasteiger partial charge in [0, 0.05) is 6.54 Å². The summed E-state index contributed by atoms with van der Waals surface area (Å²) < 4.78 is 12.1. The number of nitrogen functional groups attached to an aromatic ring is 1. The number of anilines is 1. The van der Waals surface area contributed by atoms with Crippen molar-refractivity contribution in [2.24, 2.45) is 5.10 Å². The van der Waals surface area contributed by atoms with E-state index in [4.69, 9.17) is 25.2 Å². The molecule has 0 saturated carbocycles. The maximum atomic E-state index is 13.1. The Morgan fingerprint density at radius 2 is 1.80 bits per heavy atom. The molecule has 35 heavy (non-hydrogen) atoms. The van der Waals surface area contributed by atoms with Gasteiger partial charge >= 0.3 is 0 Å². The van der Waals surface area contributed by atoms with Crippen molar-refractivity contribution in [1.82, 2.24) is 20.0 Å². The van der Waals surface area contributed by atoms with E-state index in [2.05, 4.69) is 17.3 Å². The Bertz CT molecular complexity index is 1380. The van der Waals surface area contributed by atoms with Crippen molar-refractivity contribution in [2.75, 3.05) is 26.5 Å². The Hall–Kier alpha value is -4.14. The van der Waals surface area contributed by atoms with Crippen molar-refractivity contribution < 1.29 is 14.3 Å². The molecule has 4 rings (SSSR count). The summed E-state index contributed by atoms with van der Waals surface area (Å²) in [6.07, 6.45) is 5.87. The maximum absolute atomic E-state index is 13.1. The van der Waals surface area contributed by atoms with E-state index in [1.165, 1.54) is 4.68 Å². The first kappa shape index (κ1) is 24.0. The Kier molecular flexibility index (Phi) is 7.45. The highest BCUT2D eigenvalue weighted by atomic mass is 16.5. The standard InChI is InChI=1S/C26H30N6O3/c1-4-5-6-9-14-28-26(33)22-23-25(31-19-11-8-7-10-18(19)30-23)32(24(22)27)29-16-17-12-13-20(34-2)21(15-17)35-3/h7-8,10-13,15-16H,4-6,9,14,27H2,1-3H3,(H,28,33)/b29-16+. The number of aromatic nitrogens is 3. The van der Waals surface area contributed by atoms with Crippen LogP contribution in [0.25, 0.3) is 22.2 Å². The first-order valence-electron chi connectivity index (χ1n) is 11.7. The number of para-hydroxylation sites is 2. The second kappa shape index (κ2) is 10.9. The molecule has 0 spiro atoms. The number of carbonyl (C=O) groups excluding carboxylic acids is 1. The lowest BCUT2D eigenvalue weighted by Gasteiger charge is -2.07. The number of benzene rings is 2. The Labute approximate surface area is 204 Å². The average Bonchev–Trinajstić information content (AvgIpc) is 3.15. The Morgan fingerprint density at radius 3 is 2.51 bits per heavy atom. The van der Waals surface area contributed by atoms with E-state index in [9.17, 15) is 4.79 Å². The normalized spacial score (nSPS) is 11.4. The molecule has 0 bridgehead atoms. The van der Waals surface area contributed by atoms with Gasteiger partial charge in [-0.1, -0.05) is 38.3 Å². The zero-order valence-electron chi connectivity index (χ0n) is 20.2. The Balaban J connectivity index is 1.75. The molecule has 0 aliphatic rings. The SMILES string of the molecule is CCCCCCNC(=O)c1c(N)n(/N=C/c2ccc(OC)c(OC)c2)c2nc3ccccc3nc12. The molecule has 1 amide bonds. The fourth-order valence-corrected chi connectivity index (χ4v) is 3.89. The van der Waals surface area contributed by atoms with Crippen molar-refractivity contribution in [2.45, 2.75) is 32.6 Å². The highest BCUT2D eigenvalue weighted by Crippen LogP contribution is 2.29. The maximum Gasteiger partial charge on any atom is 0.257 e. The van der Waals surface area contributed by atoms with Crippen LogP contribution in [-0.4, -0.2) is 47.5 Å². The van der Waals surface area contributed by atoms with Crippen molar-refractivity contribution in [3.8, 4) is 11.5 Å². The number of fused-ring (bicyclic) bond motifs is 2. The molecule has 0 aliphatic heterocycles. The molecule has 3 N–H and O–H groups in total. The van der Waals surface area contributed by atoms with Gasteiger partial charge in [-0.3, -0.25) is 4.79 Å². The van der Waals surface area contributed by atoms with E-state index in [0.717, 1.165) is 31.2 Å². The number of rotatable bonds is 10. The highest BCUT2D eigenvalue weighted by molar-refractivity contribution is 6.10. The Morgan fingerprint density at radius 1 is 1.06 bits per heavy atom. The second-order valence-corrected chi connectivity index (χ2v) is 8.13. The zero-order chi connectivity index (χ0) is 24.8. The van der Waals surface area contributed by atoms with Crippen LogP contribution in [0.3, 0.4) is 0 Å². The summed E-state index contributed by atoms with van der Waals surface area (Å²) in [5, 5.41) is 7.52. The third kappa shape index (κ3) is 5.03. The van der Waals surface area contributed by atoms with Crippen molar-refractivity contribution in [1.29, 1.82) is 0 Å². The van der Waals surface area contributed by atoms with Crippen LogP contribution in [0.2, 0.25) is 0 Å². The lowest BCUT2D eigenvalue weighted by atomic mass is 10.2. The van der Waals surface area contributed by atoms with Gasteiger partial charge in [-0.15, -0.1) is 0 Å². The lowest BCUT2D eigenvalue weighted by Crippen LogP contribution is -2.25. The molecule has 2 aromatic heterocycles. The van der Waals surface area contributed by atoms with Crippen molar-refractivity contribution >= 4 is 40.1 Å².